The van der Waals surface area contributed by atoms with Crippen LogP contribution in [0.15, 0.2) is 297 Å². The first-order valence-corrected chi connectivity index (χ1v) is 27.4. The fraction of sp³-hybridized carbons (Fsp3) is 0.0141. The van der Waals surface area contributed by atoms with Gasteiger partial charge in [-0.25, -0.2) is 0 Å². The molecule has 0 radical (unpaired) electrons. The molecule has 12 aromatic rings. The Balaban J connectivity index is 0.995. The molecule has 1 aliphatic carbocycles. The first-order valence-electron chi connectivity index (χ1n) is 25.4. The third kappa shape index (κ3) is 6.61. The molecule has 1 nitrogen and oxygen atoms in total. The van der Waals surface area contributed by atoms with Crippen LogP contribution in [-0.2, 0) is 5.41 Å². The van der Waals surface area contributed by atoms with E-state index >= 15 is 0 Å². The van der Waals surface area contributed by atoms with E-state index in [1.807, 2.05) is 0 Å². The lowest BCUT2D eigenvalue weighted by atomic mass is 9.67. The van der Waals surface area contributed by atoms with E-state index in [2.05, 4.69) is 302 Å². The minimum atomic E-state index is -2.73. The van der Waals surface area contributed by atoms with Crippen LogP contribution in [0.2, 0.25) is 0 Å². The highest BCUT2D eigenvalue weighted by Crippen LogP contribution is 2.57. The second kappa shape index (κ2) is 17.3. The number of fused-ring (bicyclic) bond motifs is 7. The number of nitrogens with zero attached hydrogens (tertiary/aromatic N) is 1. The third-order valence-electron chi connectivity index (χ3n) is 15.8. The van der Waals surface area contributed by atoms with Crippen molar-refractivity contribution in [3.05, 3.63) is 320 Å². The van der Waals surface area contributed by atoms with E-state index in [0.29, 0.717) is 0 Å². The van der Waals surface area contributed by atoms with Gasteiger partial charge in [0.15, 0.2) is 8.07 Å². The summed E-state index contributed by atoms with van der Waals surface area (Å²) >= 11 is 0. The van der Waals surface area contributed by atoms with Crippen molar-refractivity contribution >= 4 is 56.7 Å². The summed E-state index contributed by atoms with van der Waals surface area (Å²) in [5.41, 5.74) is 17.8. The quantitative estimate of drug-likeness (QED) is 0.130. The number of hydrogen-bond donors (Lipinski definition) is 0. The summed E-state index contributed by atoms with van der Waals surface area (Å²) in [5.74, 6) is 0. The normalized spacial score (nSPS) is 13.4. The molecule has 0 unspecified atom stereocenters. The van der Waals surface area contributed by atoms with Crippen molar-refractivity contribution in [1.82, 2.24) is 0 Å². The number of benzene rings is 12. The summed E-state index contributed by atoms with van der Waals surface area (Å²) in [6, 6.07) is 111. The Morgan fingerprint density at radius 2 is 0.740 bits per heavy atom. The molecule has 0 aromatic heterocycles. The van der Waals surface area contributed by atoms with Gasteiger partial charge in [-0.15, -0.1) is 0 Å². The Labute approximate surface area is 428 Å². The number of rotatable bonds is 9. The van der Waals surface area contributed by atoms with Gasteiger partial charge in [-0.1, -0.05) is 261 Å². The molecule has 12 aromatic carbocycles. The lowest BCUT2D eigenvalue weighted by Gasteiger charge is -2.35. The highest BCUT2D eigenvalue weighted by Gasteiger charge is 2.49. The fourth-order valence-corrected chi connectivity index (χ4v) is 18.0. The molecule has 0 amide bonds. The topological polar surface area (TPSA) is 3.24 Å². The molecule has 0 bridgehead atoms. The van der Waals surface area contributed by atoms with Crippen LogP contribution in [0.25, 0.3) is 55.3 Å². The molecule has 342 valence electrons. The van der Waals surface area contributed by atoms with Crippen LogP contribution in [0, 0.1) is 0 Å². The Morgan fingerprint density at radius 3 is 1.42 bits per heavy atom. The summed E-state index contributed by atoms with van der Waals surface area (Å²) < 4.78 is 0. The Hall–Kier alpha value is -9.08. The van der Waals surface area contributed by atoms with Crippen molar-refractivity contribution in [3.8, 4) is 44.5 Å². The van der Waals surface area contributed by atoms with Crippen molar-refractivity contribution in [3.63, 3.8) is 0 Å². The fourth-order valence-electron chi connectivity index (χ4n) is 12.7. The molecular weight excluding hydrogens is 895 g/mol. The van der Waals surface area contributed by atoms with Gasteiger partial charge in [-0.05, 0) is 135 Å². The smallest absolute Gasteiger partial charge is 0.180 e. The average Bonchev–Trinajstić information content (AvgIpc) is 4.00. The van der Waals surface area contributed by atoms with E-state index in [1.54, 1.807) is 0 Å². The van der Waals surface area contributed by atoms with Crippen LogP contribution in [0.4, 0.5) is 17.1 Å². The van der Waals surface area contributed by atoms with Gasteiger partial charge in [0.25, 0.3) is 0 Å². The van der Waals surface area contributed by atoms with Crippen LogP contribution < -0.4 is 25.6 Å². The summed E-state index contributed by atoms with van der Waals surface area (Å²) in [7, 11) is -2.73. The van der Waals surface area contributed by atoms with Crippen molar-refractivity contribution in [2.45, 2.75) is 5.41 Å². The average molecular weight is 944 g/mol. The van der Waals surface area contributed by atoms with E-state index in [0.717, 1.165) is 17.1 Å². The van der Waals surface area contributed by atoms with Crippen LogP contribution in [-0.4, -0.2) is 8.07 Å². The zero-order valence-electron chi connectivity index (χ0n) is 40.2. The monoisotopic (exact) mass is 943 g/mol. The third-order valence-corrected chi connectivity index (χ3v) is 20.7. The minimum Gasteiger partial charge on any atom is -0.310 e. The Bertz CT molecular complexity index is 3950. The van der Waals surface area contributed by atoms with Crippen LogP contribution in [0.5, 0.6) is 0 Å². The van der Waals surface area contributed by atoms with Gasteiger partial charge in [-0.2, -0.15) is 0 Å². The molecule has 1 heterocycles. The maximum Gasteiger partial charge on any atom is 0.180 e. The predicted molar refractivity (Wildman–Crippen MR) is 309 cm³/mol. The van der Waals surface area contributed by atoms with E-state index in [-0.39, 0.29) is 0 Å². The molecule has 0 fully saturated rings. The second-order valence-electron chi connectivity index (χ2n) is 19.5. The number of anilines is 3. The summed E-state index contributed by atoms with van der Waals surface area (Å²) in [4.78, 5) is 2.48. The van der Waals surface area contributed by atoms with E-state index in [4.69, 9.17) is 0 Å². The lowest BCUT2D eigenvalue weighted by molar-refractivity contribution is 0.768. The largest absolute Gasteiger partial charge is 0.310 e. The molecule has 0 spiro atoms. The molecule has 73 heavy (non-hydrogen) atoms. The minimum absolute atomic E-state index is 0.537. The van der Waals surface area contributed by atoms with Crippen molar-refractivity contribution in [2.75, 3.05) is 4.90 Å². The van der Waals surface area contributed by atoms with E-state index in [9.17, 15) is 0 Å². The Morgan fingerprint density at radius 1 is 0.260 bits per heavy atom. The van der Waals surface area contributed by atoms with Crippen molar-refractivity contribution in [1.29, 1.82) is 0 Å². The van der Waals surface area contributed by atoms with Crippen molar-refractivity contribution < 1.29 is 0 Å². The maximum absolute atomic E-state index is 2.73. The molecule has 1 aliphatic heterocycles. The SMILES string of the molecule is c1ccc(-c2cc(N(c3ccc4c(c3)C(c3ccccc3)(c3ccccc3)c3ccccc3-4)c3ccc4ccccc4c3)ccc2-c2cccc([Si]3(c4ccccc4)c4ccccc4-c4ccccc43)c2)cc1. The van der Waals surface area contributed by atoms with Crippen LogP contribution >= 0.6 is 0 Å². The van der Waals surface area contributed by atoms with Crippen LogP contribution in [0.1, 0.15) is 22.3 Å². The Kier molecular flexibility index (Phi) is 10.2. The summed E-state index contributed by atoms with van der Waals surface area (Å²) in [6.07, 6.45) is 0. The van der Waals surface area contributed by atoms with Gasteiger partial charge >= 0.3 is 0 Å². The predicted octanol–water partition coefficient (Wildman–Crippen LogP) is 15.4. The molecule has 14 rings (SSSR count). The molecule has 0 saturated heterocycles. The van der Waals surface area contributed by atoms with Gasteiger partial charge in [0.1, 0.15) is 0 Å². The van der Waals surface area contributed by atoms with Gasteiger partial charge < -0.3 is 4.90 Å². The first-order chi connectivity index (χ1) is 36.2. The van der Waals surface area contributed by atoms with Crippen molar-refractivity contribution in [2.24, 2.45) is 0 Å². The van der Waals surface area contributed by atoms with Gasteiger partial charge in [0.05, 0.1) is 5.41 Å². The standard InChI is InChI=1S/C71H49NSi/c1-5-23-51(24-6-1)66-48-57(42-44-61(66)53-26-21-33-60(47-53)73(59-31-11-4-12-32-59)69-38-19-16-35-64(69)65-36-17-20-39-70(65)73)72(56-41-40-50-22-13-14-25-52(50)46-56)58-43-45-63-62-34-15-18-37-67(62)71(68(63)49-58,54-27-7-2-8-28-54)55-29-9-3-10-30-55/h1-49H. The summed E-state index contributed by atoms with van der Waals surface area (Å²) in [6.45, 7) is 0. The molecule has 0 N–H and O–H groups in total. The molecule has 2 heteroatoms. The molecule has 0 atom stereocenters. The summed E-state index contributed by atoms with van der Waals surface area (Å²) in [5, 5.41) is 8.09. The number of hydrogen-bond acceptors (Lipinski definition) is 1. The zero-order valence-corrected chi connectivity index (χ0v) is 41.2. The van der Waals surface area contributed by atoms with Crippen LogP contribution in [0.3, 0.4) is 0 Å². The maximum atomic E-state index is 2.52. The highest BCUT2D eigenvalue weighted by atomic mass is 28.3. The van der Waals surface area contributed by atoms with Gasteiger partial charge in [0, 0.05) is 17.1 Å². The second-order valence-corrected chi connectivity index (χ2v) is 23.2. The lowest BCUT2D eigenvalue weighted by Crippen LogP contribution is -2.72. The highest BCUT2D eigenvalue weighted by molar-refractivity contribution is 7.22. The molecule has 2 aliphatic rings. The molecule has 0 saturated carbocycles. The van der Waals surface area contributed by atoms with E-state index < -0.39 is 13.5 Å². The van der Waals surface area contributed by atoms with Gasteiger partial charge in [0.2, 0.25) is 0 Å². The first kappa shape index (κ1) is 42.8. The molecular formula is C71H49NSi. The van der Waals surface area contributed by atoms with E-state index in [1.165, 1.54) is 98.3 Å². The zero-order chi connectivity index (χ0) is 48.3. The van der Waals surface area contributed by atoms with Gasteiger partial charge in [-0.3, -0.25) is 0 Å².